The number of nitrogens with zero attached hydrogens (tertiary/aromatic N) is 2. The zero-order chi connectivity index (χ0) is 18.0. The van der Waals surface area contributed by atoms with Crippen LogP contribution in [-0.4, -0.2) is 63.1 Å². The van der Waals surface area contributed by atoms with Gasteiger partial charge in [0.15, 0.2) is 9.84 Å². The summed E-state index contributed by atoms with van der Waals surface area (Å²) in [6, 6.07) is 7.10. The van der Waals surface area contributed by atoms with E-state index in [9.17, 15) is 13.2 Å². The second-order valence-corrected chi connectivity index (χ2v) is 9.80. The molecule has 0 radical (unpaired) electrons. The fraction of sp³-hybridized carbons (Fsp3) is 0.611. The summed E-state index contributed by atoms with van der Waals surface area (Å²) in [6.07, 6.45) is 2.31. The van der Waals surface area contributed by atoms with Crippen LogP contribution >= 0.6 is 11.6 Å². The summed E-state index contributed by atoms with van der Waals surface area (Å²) in [6.45, 7) is 2.53. The largest absolute Gasteiger partial charge is 0.341 e. The molecule has 0 aliphatic carbocycles. The molecule has 0 bridgehead atoms. The van der Waals surface area contributed by atoms with Crippen molar-refractivity contribution >= 4 is 27.3 Å². The molecule has 2 atom stereocenters. The number of hydrogen-bond donors (Lipinski definition) is 0. The topological polar surface area (TPSA) is 57.7 Å². The predicted octanol–water partition coefficient (Wildman–Crippen LogP) is 2.37. The Hall–Kier alpha value is -1.11. The van der Waals surface area contributed by atoms with Crippen LogP contribution in [0.4, 0.5) is 0 Å². The van der Waals surface area contributed by atoms with Gasteiger partial charge in [0.1, 0.15) is 0 Å². The number of hydrogen-bond acceptors (Lipinski definition) is 4. The fourth-order valence-electron chi connectivity index (χ4n) is 3.88. The molecule has 2 aliphatic rings. The van der Waals surface area contributed by atoms with Crippen molar-refractivity contribution in [3.05, 3.63) is 34.9 Å². The number of carbonyl (C=O) groups is 1. The number of halogens is 1. The number of piperidine rings is 1. The summed E-state index contributed by atoms with van der Waals surface area (Å²) >= 11 is 6.22. The van der Waals surface area contributed by atoms with Crippen LogP contribution in [0.2, 0.25) is 5.02 Å². The summed E-state index contributed by atoms with van der Waals surface area (Å²) in [5.41, 5.74) is 0.649. The first-order chi connectivity index (χ1) is 11.9. The van der Waals surface area contributed by atoms with E-state index in [1.807, 2.05) is 13.1 Å². The van der Waals surface area contributed by atoms with Gasteiger partial charge in [-0.1, -0.05) is 29.8 Å². The quantitative estimate of drug-likeness (QED) is 0.785. The zero-order valence-electron chi connectivity index (χ0n) is 14.5. The van der Waals surface area contributed by atoms with Gasteiger partial charge in [-0.05, 0) is 44.5 Å². The Bertz CT molecular complexity index is 738. The summed E-state index contributed by atoms with van der Waals surface area (Å²) in [4.78, 5) is 16.8. The van der Waals surface area contributed by atoms with E-state index in [1.54, 1.807) is 23.1 Å². The Balaban J connectivity index is 1.76. The molecular formula is C18H25ClN2O3S. The van der Waals surface area contributed by atoms with Crippen LogP contribution in [0.1, 0.15) is 30.1 Å². The normalized spacial score (nSPS) is 27.7. The lowest BCUT2D eigenvalue weighted by molar-refractivity contribution is -0.136. The van der Waals surface area contributed by atoms with Gasteiger partial charge in [0.2, 0.25) is 5.91 Å². The van der Waals surface area contributed by atoms with Crippen molar-refractivity contribution in [3.63, 3.8) is 0 Å². The van der Waals surface area contributed by atoms with E-state index in [2.05, 4.69) is 4.90 Å². The summed E-state index contributed by atoms with van der Waals surface area (Å²) in [5.74, 6) is 0.0804. The van der Waals surface area contributed by atoms with E-state index >= 15 is 0 Å². The molecule has 1 aromatic carbocycles. The van der Waals surface area contributed by atoms with Crippen molar-refractivity contribution in [2.24, 2.45) is 5.92 Å². The predicted molar refractivity (Wildman–Crippen MR) is 99.4 cm³/mol. The first-order valence-corrected chi connectivity index (χ1v) is 10.9. The van der Waals surface area contributed by atoms with Crippen molar-refractivity contribution in [1.82, 2.24) is 9.80 Å². The third kappa shape index (κ3) is 4.18. The van der Waals surface area contributed by atoms with Crippen LogP contribution in [0.15, 0.2) is 24.3 Å². The van der Waals surface area contributed by atoms with Gasteiger partial charge in [-0.3, -0.25) is 4.79 Å². The molecule has 5 nitrogen and oxygen atoms in total. The fourth-order valence-corrected chi connectivity index (χ4v) is 6.02. The van der Waals surface area contributed by atoms with Crippen molar-refractivity contribution < 1.29 is 13.2 Å². The Morgan fingerprint density at radius 1 is 1.16 bits per heavy atom. The van der Waals surface area contributed by atoms with E-state index in [0.717, 1.165) is 25.9 Å². The Morgan fingerprint density at radius 3 is 2.64 bits per heavy atom. The highest BCUT2D eigenvalue weighted by molar-refractivity contribution is 7.91. The highest BCUT2D eigenvalue weighted by Gasteiger charge is 2.35. The van der Waals surface area contributed by atoms with Gasteiger partial charge < -0.3 is 9.80 Å². The monoisotopic (exact) mass is 384 g/mol. The van der Waals surface area contributed by atoms with Crippen LogP contribution in [0, 0.1) is 5.92 Å². The van der Waals surface area contributed by atoms with Gasteiger partial charge >= 0.3 is 0 Å². The van der Waals surface area contributed by atoms with Crippen molar-refractivity contribution in [2.75, 3.05) is 39.0 Å². The molecule has 2 saturated heterocycles. The minimum atomic E-state index is -3.33. The molecule has 138 valence electrons. The van der Waals surface area contributed by atoms with Crippen molar-refractivity contribution in [1.29, 1.82) is 0 Å². The number of likely N-dealkylation sites (tertiary alicyclic amines) is 1. The third-order valence-electron chi connectivity index (χ3n) is 5.28. The van der Waals surface area contributed by atoms with Gasteiger partial charge in [-0.15, -0.1) is 0 Å². The highest BCUT2D eigenvalue weighted by atomic mass is 35.5. The molecule has 0 aromatic heterocycles. The lowest BCUT2D eigenvalue weighted by atomic mass is 9.96. The molecule has 7 heteroatoms. The van der Waals surface area contributed by atoms with Crippen LogP contribution in [0.5, 0.6) is 0 Å². The molecule has 2 aliphatic heterocycles. The average Bonchev–Trinajstić information content (AvgIpc) is 2.73. The zero-order valence-corrected chi connectivity index (χ0v) is 16.1. The Kier molecular flexibility index (Phi) is 5.71. The molecule has 3 rings (SSSR count). The number of carbonyl (C=O) groups excluding carboxylic acids is 1. The first-order valence-electron chi connectivity index (χ1n) is 8.82. The SMILES string of the molecule is CN1CCCC(C(=O)N2CCC(c3ccccc3Cl)S(=O)(=O)CC2)C1. The molecule has 0 N–H and O–H groups in total. The minimum Gasteiger partial charge on any atom is -0.341 e. The average molecular weight is 385 g/mol. The lowest BCUT2D eigenvalue weighted by Crippen LogP contribution is -2.44. The molecule has 1 aromatic rings. The summed E-state index contributed by atoms with van der Waals surface area (Å²) in [7, 11) is -1.30. The minimum absolute atomic E-state index is 0.00279. The number of sulfone groups is 1. The maximum Gasteiger partial charge on any atom is 0.227 e. The number of amides is 1. The second kappa shape index (κ2) is 7.64. The van der Waals surface area contributed by atoms with Gasteiger partial charge in [-0.2, -0.15) is 0 Å². The Morgan fingerprint density at radius 2 is 1.92 bits per heavy atom. The summed E-state index contributed by atoms with van der Waals surface area (Å²) < 4.78 is 25.5. The molecule has 0 saturated carbocycles. The number of benzene rings is 1. The highest BCUT2D eigenvalue weighted by Crippen LogP contribution is 2.34. The molecule has 2 heterocycles. The van der Waals surface area contributed by atoms with Gasteiger partial charge in [0, 0.05) is 24.7 Å². The van der Waals surface area contributed by atoms with E-state index in [0.29, 0.717) is 23.6 Å². The third-order valence-corrected chi connectivity index (χ3v) is 7.73. The maximum absolute atomic E-state index is 12.9. The van der Waals surface area contributed by atoms with Gasteiger partial charge in [0.05, 0.1) is 16.9 Å². The van der Waals surface area contributed by atoms with Crippen molar-refractivity contribution in [3.8, 4) is 0 Å². The molecular weight excluding hydrogens is 360 g/mol. The molecule has 0 spiro atoms. The van der Waals surface area contributed by atoms with Crippen LogP contribution in [0.3, 0.4) is 0 Å². The number of rotatable bonds is 2. The molecule has 1 amide bonds. The van der Waals surface area contributed by atoms with E-state index in [-0.39, 0.29) is 24.1 Å². The van der Waals surface area contributed by atoms with E-state index in [4.69, 9.17) is 11.6 Å². The van der Waals surface area contributed by atoms with Crippen molar-refractivity contribution in [2.45, 2.75) is 24.5 Å². The smallest absolute Gasteiger partial charge is 0.227 e. The summed E-state index contributed by atoms with van der Waals surface area (Å²) in [5, 5.41) is -0.155. The van der Waals surface area contributed by atoms with E-state index < -0.39 is 15.1 Å². The first kappa shape index (κ1) is 18.7. The van der Waals surface area contributed by atoms with Crippen LogP contribution in [-0.2, 0) is 14.6 Å². The van der Waals surface area contributed by atoms with Gasteiger partial charge in [-0.25, -0.2) is 8.42 Å². The van der Waals surface area contributed by atoms with Crippen LogP contribution < -0.4 is 0 Å². The molecule has 2 fully saturated rings. The lowest BCUT2D eigenvalue weighted by Gasteiger charge is -2.32. The van der Waals surface area contributed by atoms with E-state index in [1.165, 1.54) is 0 Å². The van der Waals surface area contributed by atoms with Gasteiger partial charge in [0.25, 0.3) is 0 Å². The second-order valence-electron chi connectivity index (χ2n) is 7.09. The molecule has 2 unspecified atom stereocenters. The standard InChI is InChI=1S/C18H25ClN2O3S/c1-20-9-4-5-14(13-20)18(22)21-10-8-17(25(23,24)12-11-21)15-6-2-3-7-16(15)19/h2-3,6-7,14,17H,4-5,8-13H2,1H3. The molecule has 25 heavy (non-hydrogen) atoms. The maximum atomic E-state index is 12.9. The van der Waals surface area contributed by atoms with Crippen LogP contribution in [0.25, 0.3) is 0 Å². The Labute approximate surface area is 154 Å².